The Morgan fingerprint density at radius 2 is 1.93 bits per heavy atom. The van der Waals surface area contributed by atoms with Gasteiger partial charge in [-0.15, -0.1) is 0 Å². The van der Waals surface area contributed by atoms with E-state index < -0.39 is 5.91 Å². The standard InChI is InChI=1S/C21H23N3O5/c1-2-3-10-27-17-7-4-15(5-8-17)12-23-24-20(25)13-22-21(26)16-6-9-18-19(11-16)29-14-28-18/h4-9,11-12H,2-3,10,13-14H2,1H3,(H,22,26)(H,24,25)/b23-12-. The summed E-state index contributed by atoms with van der Waals surface area (Å²) in [6.45, 7) is 2.74. The van der Waals surface area contributed by atoms with Gasteiger partial charge in [-0.05, 0) is 54.4 Å². The highest BCUT2D eigenvalue weighted by atomic mass is 16.7. The molecule has 0 bridgehead atoms. The summed E-state index contributed by atoms with van der Waals surface area (Å²) >= 11 is 0. The number of rotatable bonds is 9. The molecule has 1 aliphatic rings. The first-order valence-electron chi connectivity index (χ1n) is 9.38. The van der Waals surface area contributed by atoms with E-state index in [1.54, 1.807) is 18.2 Å². The number of nitrogens with zero attached hydrogens (tertiary/aromatic N) is 1. The number of hydrogen-bond donors (Lipinski definition) is 2. The van der Waals surface area contributed by atoms with E-state index in [1.807, 2.05) is 24.3 Å². The molecule has 152 valence electrons. The molecule has 0 radical (unpaired) electrons. The molecule has 0 atom stereocenters. The van der Waals surface area contributed by atoms with Crippen molar-refractivity contribution in [2.24, 2.45) is 5.10 Å². The first-order valence-corrected chi connectivity index (χ1v) is 9.38. The smallest absolute Gasteiger partial charge is 0.259 e. The molecule has 2 amide bonds. The Morgan fingerprint density at radius 1 is 1.14 bits per heavy atom. The summed E-state index contributed by atoms with van der Waals surface area (Å²) in [4.78, 5) is 24.0. The van der Waals surface area contributed by atoms with Crippen LogP contribution in [0.2, 0.25) is 0 Å². The lowest BCUT2D eigenvalue weighted by Gasteiger charge is -2.05. The molecule has 2 aromatic carbocycles. The number of carbonyl (C=O) groups is 2. The minimum atomic E-state index is -0.435. The van der Waals surface area contributed by atoms with E-state index in [2.05, 4.69) is 22.8 Å². The fourth-order valence-corrected chi connectivity index (χ4v) is 2.50. The number of ether oxygens (including phenoxy) is 3. The van der Waals surface area contributed by atoms with Crippen LogP contribution >= 0.6 is 0 Å². The number of carbonyl (C=O) groups excluding carboxylic acids is 2. The fraction of sp³-hybridized carbons (Fsp3) is 0.286. The molecule has 0 aliphatic carbocycles. The minimum absolute atomic E-state index is 0.134. The SMILES string of the molecule is CCCCOc1ccc(/C=N\NC(=O)CNC(=O)c2ccc3c(c2)OCO3)cc1. The fourth-order valence-electron chi connectivity index (χ4n) is 2.50. The lowest BCUT2D eigenvalue weighted by Crippen LogP contribution is -2.34. The van der Waals surface area contributed by atoms with Crippen molar-refractivity contribution < 1.29 is 23.8 Å². The summed E-state index contributed by atoms with van der Waals surface area (Å²) in [6, 6.07) is 12.2. The van der Waals surface area contributed by atoms with Crippen molar-refractivity contribution in [1.82, 2.24) is 10.7 Å². The predicted molar refractivity (Wildman–Crippen MR) is 107 cm³/mol. The van der Waals surface area contributed by atoms with Gasteiger partial charge in [0, 0.05) is 5.56 Å². The van der Waals surface area contributed by atoms with Crippen LogP contribution in [0.3, 0.4) is 0 Å². The molecular weight excluding hydrogens is 374 g/mol. The zero-order chi connectivity index (χ0) is 20.5. The number of unbranched alkanes of at least 4 members (excludes halogenated alkanes) is 1. The molecule has 29 heavy (non-hydrogen) atoms. The summed E-state index contributed by atoms with van der Waals surface area (Å²) in [6.07, 6.45) is 3.62. The summed E-state index contributed by atoms with van der Waals surface area (Å²) in [7, 11) is 0. The van der Waals surface area contributed by atoms with Gasteiger partial charge in [-0.25, -0.2) is 5.43 Å². The van der Waals surface area contributed by atoms with Crippen LogP contribution in [-0.4, -0.2) is 38.0 Å². The first-order chi connectivity index (χ1) is 14.2. The van der Waals surface area contributed by atoms with Crippen LogP contribution in [0.15, 0.2) is 47.6 Å². The molecule has 8 heteroatoms. The van der Waals surface area contributed by atoms with E-state index in [9.17, 15) is 9.59 Å². The van der Waals surface area contributed by atoms with Crippen molar-refractivity contribution in [3.63, 3.8) is 0 Å². The van der Waals surface area contributed by atoms with Gasteiger partial charge in [0.05, 0.1) is 19.4 Å². The summed E-state index contributed by atoms with van der Waals surface area (Å²) in [5, 5.41) is 6.42. The minimum Gasteiger partial charge on any atom is -0.494 e. The van der Waals surface area contributed by atoms with E-state index in [0.717, 1.165) is 24.2 Å². The van der Waals surface area contributed by atoms with Crippen molar-refractivity contribution in [1.29, 1.82) is 0 Å². The number of fused-ring (bicyclic) bond motifs is 1. The number of hydrazone groups is 1. The monoisotopic (exact) mass is 397 g/mol. The van der Waals surface area contributed by atoms with Gasteiger partial charge in [0.2, 0.25) is 6.79 Å². The Balaban J connectivity index is 1.40. The van der Waals surface area contributed by atoms with Crippen LogP contribution in [0.5, 0.6) is 17.2 Å². The molecule has 0 spiro atoms. The highest BCUT2D eigenvalue weighted by molar-refractivity contribution is 5.97. The van der Waals surface area contributed by atoms with E-state index in [1.165, 1.54) is 6.21 Å². The predicted octanol–water partition coefficient (Wildman–Crippen LogP) is 2.47. The maximum atomic E-state index is 12.1. The normalized spacial score (nSPS) is 12.0. The van der Waals surface area contributed by atoms with Crippen molar-refractivity contribution in [2.45, 2.75) is 19.8 Å². The molecular formula is C21H23N3O5. The Hall–Kier alpha value is -3.55. The average Bonchev–Trinajstić information content (AvgIpc) is 3.21. The third-order valence-electron chi connectivity index (χ3n) is 4.09. The summed E-state index contributed by atoms with van der Waals surface area (Å²) in [5.41, 5.74) is 3.57. The third kappa shape index (κ3) is 5.97. The molecule has 1 aliphatic heterocycles. The maximum Gasteiger partial charge on any atom is 0.259 e. The molecule has 2 aromatic rings. The lowest BCUT2D eigenvalue weighted by atomic mass is 10.2. The third-order valence-corrected chi connectivity index (χ3v) is 4.09. The number of nitrogens with one attached hydrogen (secondary N) is 2. The largest absolute Gasteiger partial charge is 0.494 e. The van der Waals surface area contributed by atoms with Gasteiger partial charge in [0.15, 0.2) is 11.5 Å². The molecule has 0 aromatic heterocycles. The van der Waals surface area contributed by atoms with Crippen molar-refractivity contribution >= 4 is 18.0 Å². The van der Waals surface area contributed by atoms with Crippen LogP contribution in [0, 0.1) is 0 Å². The molecule has 1 heterocycles. The van der Waals surface area contributed by atoms with Gasteiger partial charge >= 0.3 is 0 Å². The van der Waals surface area contributed by atoms with Gasteiger partial charge in [0.1, 0.15) is 5.75 Å². The molecule has 2 N–H and O–H groups in total. The molecule has 3 rings (SSSR count). The highest BCUT2D eigenvalue weighted by Crippen LogP contribution is 2.32. The Bertz CT molecular complexity index is 880. The lowest BCUT2D eigenvalue weighted by molar-refractivity contribution is -0.120. The summed E-state index contributed by atoms with van der Waals surface area (Å²) < 4.78 is 16.0. The van der Waals surface area contributed by atoms with E-state index in [0.29, 0.717) is 23.7 Å². The first kappa shape index (κ1) is 20.2. The van der Waals surface area contributed by atoms with Crippen LogP contribution in [0.1, 0.15) is 35.7 Å². The highest BCUT2D eigenvalue weighted by Gasteiger charge is 2.16. The molecule has 0 unspecified atom stereocenters. The van der Waals surface area contributed by atoms with Crippen molar-refractivity contribution in [3.8, 4) is 17.2 Å². The topological polar surface area (TPSA) is 98.2 Å². The zero-order valence-corrected chi connectivity index (χ0v) is 16.1. The van der Waals surface area contributed by atoms with Gasteiger partial charge in [-0.1, -0.05) is 13.3 Å². The van der Waals surface area contributed by atoms with Gasteiger partial charge in [-0.3, -0.25) is 9.59 Å². The van der Waals surface area contributed by atoms with Gasteiger partial charge in [0.25, 0.3) is 11.8 Å². The van der Waals surface area contributed by atoms with Crippen molar-refractivity contribution in [2.75, 3.05) is 19.9 Å². The number of amides is 2. The number of benzene rings is 2. The van der Waals surface area contributed by atoms with Crippen molar-refractivity contribution in [3.05, 3.63) is 53.6 Å². The van der Waals surface area contributed by atoms with Crippen LogP contribution in [0.25, 0.3) is 0 Å². The van der Waals surface area contributed by atoms with Crippen LogP contribution < -0.4 is 25.0 Å². The molecule has 8 nitrogen and oxygen atoms in total. The van der Waals surface area contributed by atoms with E-state index >= 15 is 0 Å². The van der Waals surface area contributed by atoms with E-state index in [-0.39, 0.29) is 19.2 Å². The maximum absolute atomic E-state index is 12.1. The second-order valence-corrected chi connectivity index (χ2v) is 6.31. The Kier molecular flexibility index (Phi) is 7.05. The molecule has 0 saturated carbocycles. The second-order valence-electron chi connectivity index (χ2n) is 6.31. The van der Waals surface area contributed by atoms with Gasteiger partial charge < -0.3 is 19.5 Å². The molecule has 0 saturated heterocycles. The Labute approximate surface area is 168 Å². The van der Waals surface area contributed by atoms with Crippen LogP contribution in [-0.2, 0) is 4.79 Å². The number of hydrogen-bond acceptors (Lipinski definition) is 6. The zero-order valence-electron chi connectivity index (χ0n) is 16.1. The second kappa shape index (κ2) is 10.1. The van der Waals surface area contributed by atoms with Gasteiger partial charge in [-0.2, -0.15) is 5.10 Å². The van der Waals surface area contributed by atoms with E-state index in [4.69, 9.17) is 14.2 Å². The average molecular weight is 397 g/mol. The van der Waals surface area contributed by atoms with Crippen LogP contribution in [0.4, 0.5) is 0 Å². The Morgan fingerprint density at radius 3 is 2.72 bits per heavy atom. The summed E-state index contributed by atoms with van der Waals surface area (Å²) in [5.74, 6) is 1.07. The molecule has 0 fully saturated rings. The quantitative estimate of drug-likeness (QED) is 0.385.